The summed E-state index contributed by atoms with van der Waals surface area (Å²) >= 11 is 0. The molecular formula is C20H21FN2O4S. The fourth-order valence-electron chi connectivity index (χ4n) is 3.19. The summed E-state index contributed by atoms with van der Waals surface area (Å²) in [5.41, 5.74) is 1.69. The average Bonchev–Trinajstić information content (AvgIpc) is 2.66. The normalized spacial score (nSPS) is 19.8. The number of nitriles is 1. The predicted octanol–water partition coefficient (Wildman–Crippen LogP) is 2.70. The van der Waals surface area contributed by atoms with E-state index in [1.54, 1.807) is 30.3 Å². The van der Waals surface area contributed by atoms with Crippen molar-refractivity contribution in [2.75, 3.05) is 26.1 Å². The molecule has 3 rings (SSSR count). The number of rotatable bonds is 6. The standard InChI is InChI=1S/C20H21FN2O4S/c1-28(24,25)23-20-8-9-26-12-16(20)13-27-18-5-2-14(3-6-18)19-7-4-17(21)10-15(19)11-22/h2-7,10,16,20,23H,8-9,12-13H2,1H3/t16-,20+/m1/s1. The van der Waals surface area contributed by atoms with Crippen LogP contribution >= 0.6 is 0 Å². The molecule has 8 heteroatoms. The quantitative estimate of drug-likeness (QED) is 0.800. The monoisotopic (exact) mass is 404 g/mol. The molecule has 0 spiro atoms. The molecule has 1 N–H and O–H groups in total. The molecule has 0 radical (unpaired) electrons. The Hall–Kier alpha value is -2.47. The minimum atomic E-state index is -3.30. The van der Waals surface area contributed by atoms with Crippen LogP contribution in [0.2, 0.25) is 0 Å². The smallest absolute Gasteiger partial charge is 0.208 e. The van der Waals surface area contributed by atoms with Gasteiger partial charge in [-0.25, -0.2) is 17.5 Å². The third-order valence-corrected chi connectivity index (χ3v) is 5.30. The average molecular weight is 404 g/mol. The highest BCUT2D eigenvalue weighted by Gasteiger charge is 2.28. The molecule has 2 atom stereocenters. The summed E-state index contributed by atoms with van der Waals surface area (Å²) in [7, 11) is -3.30. The maximum atomic E-state index is 13.3. The van der Waals surface area contributed by atoms with Crippen molar-refractivity contribution in [3.8, 4) is 22.9 Å². The molecule has 1 aliphatic rings. The van der Waals surface area contributed by atoms with E-state index in [1.165, 1.54) is 12.1 Å². The zero-order valence-electron chi connectivity index (χ0n) is 15.4. The third-order valence-electron chi connectivity index (χ3n) is 4.57. The zero-order valence-corrected chi connectivity index (χ0v) is 16.2. The molecule has 0 unspecified atom stereocenters. The molecule has 6 nitrogen and oxygen atoms in total. The van der Waals surface area contributed by atoms with Crippen molar-refractivity contribution in [2.24, 2.45) is 5.92 Å². The highest BCUT2D eigenvalue weighted by Crippen LogP contribution is 2.27. The van der Waals surface area contributed by atoms with Gasteiger partial charge in [0.1, 0.15) is 11.6 Å². The molecule has 0 aliphatic carbocycles. The Bertz CT molecular complexity index is 971. The van der Waals surface area contributed by atoms with E-state index in [9.17, 15) is 18.1 Å². The fraction of sp³-hybridized carbons (Fsp3) is 0.350. The lowest BCUT2D eigenvalue weighted by Gasteiger charge is -2.31. The summed E-state index contributed by atoms with van der Waals surface area (Å²) in [6, 6.07) is 13.0. The summed E-state index contributed by atoms with van der Waals surface area (Å²) in [6.07, 6.45) is 1.74. The topological polar surface area (TPSA) is 88.4 Å². The molecule has 1 aliphatic heterocycles. The van der Waals surface area contributed by atoms with Crippen LogP contribution in [0, 0.1) is 23.1 Å². The van der Waals surface area contributed by atoms with Crippen molar-refractivity contribution in [1.29, 1.82) is 5.26 Å². The van der Waals surface area contributed by atoms with E-state index < -0.39 is 15.8 Å². The Morgan fingerprint density at radius 1 is 1.29 bits per heavy atom. The number of nitrogens with zero attached hydrogens (tertiary/aromatic N) is 1. The molecule has 1 heterocycles. The SMILES string of the molecule is CS(=O)(=O)N[C@H]1CCOC[C@@H]1COc1ccc(-c2ccc(F)cc2C#N)cc1. The minimum absolute atomic E-state index is 0.0922. The van der Waals surface area contributed by atoms with Crippen molar-refractivity contribution in [3.63, 3.8) is 0 Å². The van der Waals surface area contributed by atoms with E-state index in [0.29, 0.717) is 37.6 Å². The third kappa shape index (κ3) is 5.29. The van der Waals surface area contributed by atoms with Gasteiger partial charge in [-0.3, -0.25) is 0 Å². The fourth-order valence-corrected chi connectivity index (χ4v) is 4.05. The maximum absolute atomic E-state index is 13.3. The Morgan fingerprint density at radius 2 is 2.04 bits per heavy atom. The molecule has 0 amide bonds. The molecule has 148 valence electrons. The highest BCUT2D eigenvalue weighted by atomic mass is 32.2. The van der Waals surface area contributed by atoms with Gasteiger partial charge in [0, 0.05) is 18.6 Å². The van der Waals surface area contributed by atoms with Crippen LogP contribution in [0.1, 0.15) is 12.0 Å². The lowest BCUT2D eigenvalue weighted by atomic mass is 9.97. The maximum Gasteiger partial charge on any atom is 0.208 e. The largest absolute Gasteiger partial charge is 0.493 e. The number of sulfonamides is 1. The number of hydrogen-bond donors (Lipinski definition) is 1. The van der Waals surface area contributed by atoms with Gasteiger partial charge in [0.2, 0.25) is 10.0 Å². The molecule has 2 aromatic rings. The number of hydrogen-bond acceptors (Lipinski definition) is 5. The molecule has 0 saturated carbocycles. The van der Waals surface area contributed by atoms with Gasteiger partial charge in [-0.05, 0) is 41.8 Å². The summed E-state index contributed by atoms with van der Waals surface area (Å²) < 4.78 is 50.3. The first kappa shape index (κ1) is 20.3. The van der Waals surface area contributed by atoms with E-state index in [4.69, 9.17) is 9.47 Å². The number of halogens is 1. The van der Waals surface area contributed by atoms with Gasteiger partial charge < -0.3 is 9.47 Å². The first-order chi connectivity index (χ1) is 13.4. The lowest BCUT2D eigenvalue weighted by Crippen LogP contribution is -2.47. The van der Waals surface area contributed by atoms with Gasteiger partial charge >= 0.3 is 0 Å². The minimum Gasteiger partial charge on any atom is -0.493 e. The Kier molecular flexibility index (Phi) is 6.29. The van der Waals surface area contributed by atoms with E-state index in [0.717, 1.165) is 11.8 Å². The Morgan fingerprint density at radius 3 is 2.71 bits per heavy atom. The summed E-state index contributed by atoms with van der Waals surface area (Å²) in [4.78, 5) is 0. The second-order valence-electron chi connectivity index (χ2n) is 6.76. The van der Waals surface area contributed by atoms with Gasteiger partial charge in [0.15, 0.2) is 0 Å². The molecule has 1 fully saturated rings. The van der Waals surface area contributed by atoms with Crippen molar-refractivity contribution >= 4 is 10.0 Å². The van der Waals surface area contributed by atoms with Crippen molar-refractivity contribution in [1.82, 2.24) is 4.72 Å². The van der Waals surface area contributed by atoms with Crippen LogP contribution in [-0.4, -0.2) is 40.5 Å². The van der Waals surface area contributed by atoms with Crippen molar-refractivity contribution in [3.05, 3.63) is 53.8 Å². The molecular weight excluding hydrogens is 383 g/mol. The van der Waals surface area contributed by atoms with E-state index in [2.05, 4.69) is 4.72 Å². The van der Waals surface area contributed by atoms with Crippen LogP contribution in [0.25, 0.3) is 11.1 Å². The Balaban J connectivity index is 1.67. The number of nitrogens with one attached hydrogen (secondary N) is 1. The molecule has 2 aromatic carbocycles. The predicted molar refractivity (Wildman–Crippen MR) is 103 cm³/mol. The van der Waals surface area contributed by atoms with Crippen LogP contribution in [0.15, 0.2) is 42.5 Å². The second kappa shape index (κ2) is 8.69. The van der Waals surface area contributed by atoms with Crippen LogP contribution in [0.4, 0.5) is 4.39 Å². The van der Waals surface area contributed by atoms with Gasteiger partial charge in [-0.1, -0.05) is 18.2 Å². The molecule has 0 bridgehead atoms. The van der Waals surface area contributed by atoms with E-state index in [1.807, 2.05) is 6.07 Å². The number of ether oxygens (including phenoxy) is 2. The lowest BCUT2D eigenvalue weighted by molar-refractivity contribution is 0.0187. The van der Waals surface area contributed by atoms with Gasteiger partial charge in [-0.2, -0.15) is 5.26 Å². The second-order valence-corrected chi connectivity index (χ2v) is 8.54. The van der Waals surface area contributed by atoms with Gasteiger partial charge in [0.25, 0.3) is 0 Å². The Labute approximate surface area is 163 Å². The van der Waals surface area contributed by atoms with E-state index in [-0.39, 0.29) is 17.5 Å². The molecule has 0 aromatic heterocycles. The van der Waals surface area contributed by atoms with Crippen LogP contribution in [-0.2, 0) is 14.8 Å². The van der Waals surface area contributed by atoms with Crippen LogP contribution in [0.5, 0.6) is 5.75 Å². The number of benzene rings is 2. The van der Waals surface area contributed by atoms with Gasteiger partial charge in [-0.15, -0.1) is 0 Å². The van der Waals surface area contributed by atoms with Crippen molar-refractivity contribution in [2.45, 2.75) is 12.5 Å². The zero-order chi connectivity index (χ0) is 20.1. The van der Waals surface area contributed by atoms with Gasteiger partial charge in [0.05, 0.1) is 31.1 Å². The summed E-state index contributed by atoms with van der Waals surface area (Å²) in [5, 5.41) is 9.19. The molecule has 1 saturated heterocycles. The van der Waals surface area contributed by atoms with Crippen LogP contribution in [0.3, 0.4) is 0 Å². The van der Waals surface area contributed by atoms with E-state index >= 15 is 0 Å². The molecule has 28 heavy (non-hydrogen) atoms. The summed E-state index contributed by atoms with van der Waals surface area (Å²) in [6.45, 7) is 1.25. The summed E-state index contributed by atoms with van der Waals surface area (Å²) in [5.74, 6) is 0.0747. The first-order valence-electron chi connectivity index (χ1n) is 8.83. The van der Waals surface area contributed by atoms with Crippen molar-refractivity contribution < 1.29 is 22.3 Å². The highest BCUT2D eigenvalue weighted by molar-refractivity contribution is 7.88. The van der Waals surface area contributed by atoms with Crippen LogP contribution < -0.4 is 9.46 Å². The first-order valence-corrected chi connectivity index (χ1v) is 10.7.